The van der Waals surface area contributed by atoms with Crippen molar-refractivity contribution in [2.75, 3.05) is 22.9 Å². The third kappa shape index (κ3) is 4.25. The highest BCUT2D eigenvalue weighted by Crippen LogP contribution is 2.27. The van der Waals surface area contributed by atoms with E-state index in [2.05, 4.69) is 40.9 Å². The molecule has 1 fully saturated rings. The summed E-state index contributed by atoms with van der Waals surface area (Å²) in [6.45, 7) is 2.33. The van der Waals surface area contributed by atoms with Gasteiger partial charge in [0.05, 0.1) is 24.8 Å². The van der Waals surface area contributed by atoms with Gasteiger partial charge in [-0.3, -0.25) is 9.59 Å². The molecular weight excluding hydrogens is 376 g/mol. The fourth-order valence-corrected chi connectivity index (χ4v) is 2.91. The number of nitrogen functional groups attached to an aromatic ring is 1. The Balaban J connectivity index is 1.48. The van der Waals surface area contributed by atoms with Crippen LogP contribution in [0.15, 0.2) is 12.7 Å². The number of amides is 2. The molecule has 0 spiro atoms. The number of aromatic amines is 1. The van der Waals surface area contributed by atoms with Crippen molar-refractivity contribution in [2.45, 2.75) is 38.8 Å². The van der Waals surface area contributed by atoms with Crippen LogP contribution in [0.25, 0.3) is 11.2 Å². The van der Waals surface area contributed by atoms with Gasteiger partial charge in [0.2, 0.25) is 17.8 Å². The van der Waals surface area contributed by atoms with Gasteiger partial charge in [0.25, 0.3) is 0 Å². The van der Waals surface area contributed by atoms with E-state index in [4.69, 9.17) is 5.73 Å². The first-order valence-electron chi connectivity index (χ1n) is 9.37. The van der Waals surface area contributed by atoms with E-state index in [0.29, 0.717) is 41.1 Å². The first-order valence-corrected chi connectivity index (χ1v) is 9.37. The minimum atomic E-state index is -0.331. The number of nitrogens with zero attached hydrogens (tertiary/aromatic N) is 5. The summed E-state index contributed by atoms with van der Waals surface area (Å²) in [6, 6.07) is 0.379. The van der Waals surface area contributed by atoms with Crippen LogP contribution in [-0.4, -0.2) is 53.9 Å². The van der Waals surface area contributed by atoms with Gasteiger partial charge in [0.15, 0.2) is 22.8 Å². The molecule has 0 aliphatic heterocycles. The molecule has 0 unspecified atom stereocenters. The van der Waals surface area contributed by atoms with E-state index in [9.17, 15) is 9.59 Å². The molecular formula is C17H22N10O2. The van der Waals surface area contributed by atoms with Gasteiger partial charge in [-0.05, 0) is 19.8 Å². The molecule has 0 bridgehead atoms. The monoisotopic (exact) mass is 398 g/mol. The number of carbonyl (C=O) groups excluding carboxylic acids is 2. The van der Waals surface area contributed by atoms with E-state index >= 15 is 0 Å². The molecule has 2 amide bonds. The first kappa shape index (κ1) is 18.7. The molecule has 152 valence electrons. The maximum Gasteiger partial charge on any atom is 0.245 e. The number of nitrogens with two attached hydrogens (primary N) is 1. The fourth-order valence-electron chi connectivity index (χ4n) is 2.91. The number of carbonyl (C=O) groups is 2. The molecule has 3 aromatic rings. The molecule has 3 heterocycles. The topological polar surface area (TPSA) is 169 Å². The fraction of sp³-hybridized carbons (Fsp3) is 0.412. The zero-order valence-electron chi connectivity index (χ0n) is 15.9. The quantitative estimate of drug-likeness (QED) is 0.354. The third-order valence-electron chi connectivity index (χ3n) is 4.40. The maximum absolute atomic E-state index is 12.5. The van der Waals surface area contributed by atoms with Gasteiger partial charge in [-0.2, -0.15) is 9.97 Å². The van der Waals surface area contributed by atoms with E-state index in [1.54, 1.807) is 4.57 Å². The summed E-state index contributed by atoms with van der Waals surface area (Å²) in [5, 5.41) is 8.70. The standard InChI is InChI=1S/C17H22N10O2/c1-2-19-11(28)5-10-14(21-7-20-10)24-12(29)6-27-8-22-13-15(23-9-3-4-9)25-17(18)26-16(13)27/h7-9H,2-6H2,1H3,(H,19,28)(H,20,21)(H,24,29)(H3,18,23,25,26). The molecule has 3 aromatic heterocycles. The van der Waals surface area contributed by atoms with Crippen molar-refractivity contribution >= 4 is 40.6 Å². The van der Waals surface area contributed by atoms with E-state index in [-0.39, 0.29) is 30.7 Å². The van der Waals surface area contributed by atoms with Gasteiger partial charge < -0.3 is 31.2 Å². The summed E-state index contributed by atoms with van der Waals surface area (Å²) in [5.41, 5.74) is 7.39. The normalized spacial score (nSPS) is 13.4. The summed E-state index contributed by atoms with van der Waals surface area (Å²) >= 11 is 0. The highest BCUT2D eigenvalue weighted by molar-refractivity contribution is 5.92. The van der Waals surface area contributed by atoms with Gasteiger partial charge >= 0.3 is 0 Å². The van der Waals surface area contributed by atoms with Gasteiger partial charge in [0, 0.05) is 12.6 Å². The maximum atomic E-state index is 12.5. The van der Waals surface area contributed by atoms with Crippen LogP contribution in [0.4, 0.5) is 17.6 Å². The Hall–Kier alpha value is -3.70. The zero-order chi connectivity index (χ0) is 20.4. The second-order valence-corrected chi connectivity index (χ2v) is 6.80. The van der Waals surface area contributed by atoms with Gasteiger partial charge in [-0.1, -0.05) is 0 Å². The van der Waals surface area contributed by atoms with Crippen LogP contribution < -0.4 is 21.7 Å². The number of rotatable bonds is 8. The number of H-pyrrole nitrogens is 1. The molecule has 4 rings (SSSR count). The van der Waals surface area contributed by atoms with Gasteiger partial charge in [-0.25, -0.2) is 9.97 Å². The lowest BCUT2D eigenvalue weighted by atomic mass is 10.3. The van der Waals surface area contributed by atoms with Crippen molar-refractivity contribution in [1.82, 2.24) is 34.8 Å². The largest absolute Gasteiger partial charge is 0.368 e. The minimum absolute atomic E-state index is 0.0384. The summed E-state index contributed by atoms with van der Waals surface area (Å²) in [5.74, 6) is 0.513. The van der Waals surface area contributed by atoms with Crippen LogP contribution >= 0.6 is 0 Å². The molecule has 29 heavy (non-hydrogen) atoms. The average Bonchev–Trinajstić information content (AvgIpc) is 3.25. The second-order valence-electron chi connectivity index (χ2n) is 6.80. The molecule has 12 nitrogen and oxygen atoms in total. The van der Waals surface area contributed by atoms with E-state index in [0.717, 1.165) is 12.8 Å². The first-order chi connectivity index (χ1) is 14.0. The van der Waals surface area contributed by atoms with Crippen LogP contribution in [0.3, 0.4) is 0 Å². The lowest BCUT2D eigenvalue weighted by Crippen LogP contribution is -2.25. The summed E-state index contributed by atoms with van der Waals surface area (Å²) < 4.78 is 1.59. The van der Waals surface area contributed by atoms with E-state index in [1.165, 1.54) is 12.7 Å². The number of nitrogens with one attached hydrogen (secondary N) is 4. The van der Waals surface area contributed by atoms with E-state index < -0.39 is 0 Å². The molecule has 12 heteroatoms. The lowest BCUT2D eigenvalue weighted by molar-refractivity contribution is -0.120. The van der Waals surface area contributed by atoms with Gasteiger partial charge in [0.1, 0.15) is 6.54 Å². The van der Waals surface area contributed by atoms with Crippen LogP contribution in [-0.2, 0) is 22.6 Å². The Kier molecular flexibility index (Phi) is 4.97. The lowest BCUT2D eigenvalue weighted by Gasteiger charge is -2.08. The summed E-state index contributed by atoms with van der Waals surface area (Å²) in [7, 11) is 0. The number of anilines is 3. The summed E-state index contributed by atoms with van der Waals surface area (Å²) in [4.78, 5) is 44.0. The van der Waals surface area contributed by atoms with Crippen LogP contribution in [0.1, 0.15) is 25.5 Å². The van der Waals surface area contributed by atoms with Crippen LogP contribution in [0.5, 0.6) is 0 Å². The van der Waals surface area contributed by atoms with Crippen LogP contribution in [0.2, 0.25) is 0 Å². The Bertz CT molecular complexity index is 1050. The van der Waals surface area contributed by atoms with Crippen molar-refractivity contribution in [1.29, 1.82) is 0 Å². The number of likely N-dealkylation sites (N-methyl/N-ethyl adjacent to an activating group) is 1. The minimum Gasteiger partial charge on any atom is -0.368 e. The van der Waals surface area contributed by atoms with Crippen LogP contribution in [0, 0.1) is 0 Å². The number of aromatic nitrogens is 6. The molecule has 1 aliphatic rings. The second kappa shape index (κ2) is 7.73. The zero-order valence-corrected chi connectivity index (χ0v) is 15.9. The summed E-state index contributed by atoms with van der Waals surface area (Å²) in [6.07, 6.45) is 5.21. The Morgan fingerprint density at radius 2 is 2.07 bits per heavy atom. The SMILES string of the molecule is CCNC(=O)Cc1[nH]cnc1NC(=O)Cn1cnc2c(NC3CC3)nc(N)nc21. The smallest absolute Gasteiger partial charge is 0.245 e. The molecule has 0 radical (unpaired) electrons. The molecule has 6 N–H and O–H groups in total. The number of fused-ring (bicyclic) bond motifs is 1. The third-order valence-corrected chi connectivity index (χ3v) is 4.40. The highest BCUT2D eigenvalue weighted by atomic mass is 16.2. The Morgan fingerprint density at radius 1 is 1.24 bits per heavy atom. The average molecular weight is 398 g/mol. The highest BCUT2D eigenvalue weighted by Gasteiger charge is 2.24. The predicted octanol–water partition coefficient (Wildman–Crippen LogP) is 0.0232. The molecule has 0 aromatic carbocycles. The molecule has 1 aliphatic carbocycles. The number of hydrogen-bond donors (Lipinski definition) is 5. The van der Waals surface area contributed by atoms with E-state index in [1.807, 2.05) is 6.92 Å². The number of hydrogen-bond acceptors (Lipinski definition) is 8. The van der Waals surface area contributed by atoms with Crippen molar-refractivity contribution < 1.29 is 9.59 Å². The predicted molar refractivity (Wildman–Crippen MR) is 106 cm³/mol. The van der Waals surface area contributed by atoms with Gasteiger partial charge in [-0.15, -0.1) is 0 Å². The van der Waals surface area contributed by atoms with Crippen molar-refractivity contribution in [3.63, 3.8) is 0 Å². The molecule has 0 atom stereocenters. The number of imidazole rings is 2. The van der Waals surface area contributed by atoms with Crippen molar-refractivity contribution in [3.05, 3.63) is 18.3 Å². The van der Waals surface area contributed by atoms with Crippen molar-refractivity contribution in [3.8, 4) is 0 Å². The Labute approximate surface area is 165 Å². The Morgan fingerprint density at radius 3 is 2.83 bits per heavy atom. The van der Waals surface area contributed by atoms with Crippen molar-refractivity contribution in [2.24, 2.45) is 0 Å². The molecule has 1 saturated carbocycles. The molecule has 0 saturated heterocycles.